The summed E-state index contributed by atoms with van der Waals surface area (Å²) in [5, 5.41) is 18.6. The van der Waals surface area contributed by atoms with Gasteiger partial charge in [0.25, 0.3) is 0 Å². The number of anilines is 1. The molecule has 0 aliphatic rings. The number of aromatic nitrogens is 4. The molecule has 0 spiro atoms. The molecule has 0 radical (unpaired) electrons. The van der Waals surface area contributed by atoms with Crippen molar-refractivity contribution in [3.05, 3.63) is 22.9 Å². The first-order valence-electron chi connectivity index (χ1n) is 5.54. The fraction of sp³-hybridized carbons (Fsp3) is 0.500. The van der Waals surface area contributed by atoms with Gasteiger partial charge in [-0.15, -0.1) is 0 Å². The van der Waals surface area contributed by atoms with Crippen LogP contribution >= 0.6 is 0 Å². The van der Waals surface area contributed by atoms with Crippen molar-refractivity contribution in [3.63, 3.8) is 0 Å². The van der Waals surface area contributed by atoms with Crippen LogP contribution in [0.5, 0.6) is 0 Å². The number of fused-ring (bicyclic) bond motifs is 1. The maximum atomic E-state index is 11.2. The number of aliphatic hydroxyl groups is 1. The lowest BCUT2D eigenvalue weighted by molar-refractivity contribution is 0.0615. The molecule has 0 aromatic carbocycles. The fourth-order valence-electron chi connectivity index (χ4n) is 1.55. The second kappa shape index (κ2) is 5.61. The summed E-state index contributed by atoms with van der Waals surface area (Å²) in [7, 11) is 1.54. The van der Waals surface area contributed by atoms with Crippen molar-refractivity contribution in [1.82, 2.24) is 19.6 Å². The summed E-state index contributed by atoms with van der Waals surface area (Å²) in [5.41, 5.74) is 0.175. The Balaban J connectivity index is 1.94. The first kappa shape index (κ1) is 12.5. The minimum atomic E-state index is -0.501. The Hall–Kier alpha value is -1.93. The van der Waals surface area contributed by atoms with E-state index in [-0.39, 0.29) is 5.69 Å². The molecule has 3 N–H and O–H groups in total. The van der Waals surface area contributed by atoms with Gasteiger partial charge in [-0.25, -0.2) is 19.3 Å². The molecule has 8 heteroatoms. The number of nitrogens with zero attached hydrogens (tertiary/aromatic N) is 3. The summed E-state index contributed by atoms with van der Waals surface area (Å²) in [5.74, 6) is 0.603. The molecule has 0 saturated carbocycles. The molecule has 2 aromatic heterocycles. The molecule has 0 aliphatic heterocycles. The highest BCUT2D eigenvalue weighted by Gasteiger charge is 2.04. The Bertz CT molecular complexity index is 564. The lowest BCUT2D eigenvalue weighted by Crippen LogP contribution is -2.18. The first-order chi connectivity index (χ1) is 8.70. The number of hydrogen-bond donors (Lipinski definition) is 3. The van der Waals surface area contributed by atoms with Crippen LogP contribution in [0.15, 0.2) is 17.2 Å². The molecule has 0 fully saturated rings. The molecule has 0 bridgehead atoms. The Morgan fingerprint density at radius 1 is 1.67 bits per heavy atom. The number of hydrogen-bond acceptors (Lipinski definition) is 6. The van der Waals surface area contributed by atoms with Gasteiger partial charge < -0.3 is 15.2 Å². The van der Waals surface area contributed by atoms with Crippen molar-refractivity contribution in [2.75, 3.05) is 25.6 Å². The molecule has 1 unspecified atom stereocenters. The van der Waals surface area contributed by atoms with Crippen LogP contribution in [0.3, 0.4) is 0 Å². The van der Waals surface area contributed by atoms with Crippen LogP contribution in [0, 0.1) is 0 Å². The van der Waals surface area contributed by atoms with Crippen molar-refractivity contribution in [3.8, 4) is 0 Å². The van der Waals surface area contributed by atoms with E-state index in [2.05, 4.69) is 20.5 Å². The summed E-state index contributed by atoms with van der Waals surface area (Å²) in [4.78, 5) is 15.3. The van der Waals surface area contributed by atoms with E-state index in [1.807, 2.05) is 0 Å². The van der Waals surface area contributed by atoms with Gasteiger partial charge in [0, 0.05) is 19.7 Å². The van der Waals surface area contributed by atoms with Crippen molar-refractivity contribution in [1.29, 1.82) is 0 Å². The minimum absolute atomic E-state index is 0.308. The zero-order valence-corrected chi connectivity index (χ0v) is 9.96. The van der Waals surface area contributed by atoms with Gasteiger partial charge in [-0.05, 0) is 6.42 Å². The van der Waals surface area contributed by atoms with Crippen LogP contribution < -0.4 is 11.0 Å². The van der Waals surface area contributed by atoms with Crippen molar-refractivity contribution >= 4 is 11.5 Å². The molecule has 0 saturated heterocycles. The normalized spacial score (nSPS) is 12.8. The number of aromatic amines is 1. The molecule has 2 aromatic rings. The van der Waals surface area contributed by atoms with Gasteiger partial charge in [-0.2, -0.15) is 5.10 Å². The lowest BCUT2D eigenvalue weighted by atomic mass is 10.2. The highest BCUT2D eigenvalue weighted by molar-refractivity contribution is 5.48. The number of ether oxygens (including phenoxy) is 1. The maximum absolute atomic E-state index is 11.2. The predicted molar refractivity (Wildman–Crippen MR) is 64.6 cm³/mol. The van der Waals surface area contributed by atoms with E-state index in [0.717, 1.165) is 0 Å². The number of methoxy groups -OCH3 is 1. The molecule has 8 nitrogen and oxygen atoms in total. The molecule has 18 heavy (non-hydrogen) atoms. The maximum Gasteiger partial charge on any atom is 0.348 e. The van der Waals surface area contributed by atoms with Crippen LogP contribution in [0.1, 0.15) is 6.42 Å². The van der Waals surface area contributed by atoms with Gasteiger partial charge in [0.15, 0.2) is 5.65 Å². The van der Waals surface area contributed by atoms with Crippen LogP contribution in [0.25, 0.3) is 5.65 Å². The summed E-state index contributed by atoms with van der Waals surface area (Å²) in [6, 6.07) is 1.65. The summed E-state index contributed by atoms with van der Waals surface area (Å²) < 4.78 is 6.13. The van der Waals surface area contributed by atoms with E-state index in [1.165, 1.54) is 10.7 Å². The molecule has 1 atom stereocenters. The van der Waals surface area contributed by atoms with Crippen LogP contribution in [0.4, 0.5) is 5.82 Å². The number of H-pyrrole nitrogens is 1. The van der Waals surface area contributed by atoms with Crippen molar-refractivity contribution in [2.45, 2.75) is 12.5 Å². The standard InChI is InChI=1S/C10H15N5O3/c1-18-5-7(16)2-3-11-8-4-9-13-14-10(17)15(9)6-12-8/h4,6-7,11,16H,2-3,5H2,1H3,(H,14,17). The van der Waals surface area contributed by atoms with Crippen LogP contribution in [-0.2, 0) is 4.74 Å². The number of nitrogens with one attached hydrogen (secondary N) is 2. The van der Waals surface area contributed by atoms with Gasteiger partial charge in [0.1, 0.15) is 12.1 Å². The van der Waals surface area contributed by atoms with E-state index >= 15 is 0 Å². The second-order valence-corrected chi connectivity index (χ2v) is 3.86. The second-order valence-electron chi connectivity index (χ2n) is 3.86. The first-order valence-corrected chi connectivity index (χ1v) is 5.54. The molecule has 0 amide bonds. The van der Waals surface area contributed by atoms with Crippen molar-refractivity contribution in [2.24, 2.45) is 0 Å². The van der Waals surface area contributed by atoms with Gasteiger partial charge in [-0.1, -0.05) is 0 Å². The third-order valence-electron chi connectivity index (χ3n) is 2.45. The zero-order valence-electron chi connectivity index (χ0n) is 9.96. The predicted octanol–water partition coefficient (Wildman–Crippen LogP) is -0.773. The zero-order chi connectivity index (χ0) is 13.0. The average molecular weight is 253 g/mol. The highest BCUT2D eigenvalue weighted by atomic mass is 16.5. The van der Waals surface area contributed by atoms with E-state index in [4.69, 9.17) is 4.74 Å². The van der Waals surface area contributed by atoms with E-state index < -0.39 is 6.10 Å². The topological polar surface area (TPSA) is 105 Å². The SMILES string of the molecule is COCC(O)CCNc1cc2n[nH]c(=O)n2cn1. The molecule has 98 valence electrons. The summed E-state index contributed by atoms with van der Waals surface area (Å²) in [6.45, 7) is 0.866. The van der Waals surface area contributed by atoms with E-state index in [0.29, 0.717) is 31.0 Å². The fourth-order valence-corrected chi connectivity index (χ4v) is 1.55. The molecule has 2 heterocycles. The van der Waals surface area contributed by atoms with E-state index in [1.54, 1.807) is 13.2 Å². The Kier molecular flexibility index (Phi) is 3.90. The van der Waals surface area contributed by atoms with Crippen LogP contribution in [0.2, 0.25) is 0 Å². The number of aliphatic hydroxyl groups excluding tert-OH is 1. The lowest BCUT2D eigenvalue weighted by Gasteiger charge is -2.10. The molecular formula is C10H15N5O3. The molecule has 2 rings (SSSR count). The third kappa shape index (κ3) is 2.84. The van der Waals surface area contributed by atoms with E-state index in [9.17, 15) is 9.90 Å². The third-order valence-corrected chi connectivity index (χ3v) is 2.45. The minimum Gasteiger partial charge on any atom is -0.391 e. The van der Waals surface area contributed by atoms with Crippen LogP contribution in [-0.4, -0.2) is 51.1 Å². The number of rotatable bonds is 6. The summed E-state index contributed by atoms with van der Waals surface area (Å²) >= 11 is 0. The van der Waals surface area contributed by atoms with Gasteiger partial charge in [0.2, 0.25) is 0 Å². The van der Waals surface area contributed by atoms with Crippen molar-refractivity contribution < 1.29 is 9.84 Å². The largest absolute Gasteiger partial charge is 0.391 e. The summed E-state index contributed by atoms with van der Waals surface area (Å²) in [6.07, 6.45) is 1.45. The quantitative estimate of drug-likeness (QED) is 0.624. The molecule has 0 aliphatic carbocycles. The molecular weight excluding hydrogens is 238 g/mol. The van der Waals surface area contributed by atoms with Gasteiger partial charge in [-0.3, -0.25) is 0 Å². The average Bonchev–Trinajstić information content (AvgIpc) is 2.71. The van der Waals surface area contributed by atoms with Gasteiger partial charge >= 0.3 is 5.69 Å². The Morgan fingerprint density at radius 3 is 3.28 bits per heavy atom. The highest BCUT2D eigenvalue weighted by Crippen LogP contribution is 2.04. The smallest absolute Gasteiger partial charge is 0.348 e. The monoisotopic (exact) mass is 253 g/mol. The Morgan fingerprint density at radius 2 is 2.50 bits per heavy atom. The van der Waals surface area contributed by atoms with Gasteiger partial charge in [0.05, 0.1) is 12.7 Å². The Labute approximate surface area is 103 Å².